The van der Waals surface area contributed by atoms with Gasteiger partial charge in [0.1, 0.15) is 0 Å². The van der Waals surface area contributed by atoms with Crippen LogP contribution in [0.15, 0.2) is 18.2 Å². The Balaban J connectivity index is 1.40. The first kappa shape index (κ1) is 16.6. The van der Waals surface area contributed by atoms with Crippen LogP contribution >= 0.6 is 0 Å². The Hall–Kier alpha value is -1.83. The maximum absolute atomic E-state index is 12.8. The number of ether oxygens (including phenoxy) is 3. The van der Waals surface area contributed by atoms with E-state index in [2.05, 4.69) is 0 Å². The SMILES string of the molecule is NCCO[C@H]1C[C@@H](O)C12CCN(C(=O)c1ccc3c(c1)OCO3)CC2. The predicted octanol–water partition coefficient (Wildman–Crippen LogP) is 0.746. The molecule has 1 aromatic rings. The molecular formula is C18H24N2O5. The lowest BCUT2D eigenvalue weighted by atomic mass is 9.58. The van der Waals surface area contributed by atoms with Gasteiger partial charge in [-0.3, -0.25) is 4.79 Å². The Morgan fingerprint density at radius 1 is 1.32 bits per heavy atom. The molecule has 1 amide bonds. The number of hydrogen-bond donors (Lipinski definition) is 2. The van der Waals surface area contributed by atoms with Crippen LogP contribution in [0, 0.1) is 5.41 Å². The molecule has 2 aliphatic heterocycles. The molecule has 2 atom stereocenters. The molecule has 1 spiro atoms. The maximum atomic E-state index is 12.8. The molecule has 136 valence electrons. The molecule has 25 heavy (non-hydrogen) atoms. The fourth-order valence-corrected chi connectivity index (χ4v) is 4.16. The number of aliphatic hydroxyl groups is 1. The van der Waals surface area contributed by atoms with Crippen LogP contribution in [0.1, 0.15) is 29.6 Å². The lowest BCUT2D eigenvalue weighted by Crippen LogP contribution is -2.62. The minimum absolute atomic E-state index is 0.0126. The topological polar surface area (TPSA) is 94.3 Å². The van der Waals surface area contributed by atoms with E-state index in [0.29, 0.717) is 49.7 Å². The number of benzene rings is 1. The van der Waals surface area contributed by atoms with Crippen LogP contribution in [0.3, 0.4) is 0 Å². The molecular weight excluding hydrogens is 324 g/mol. The summed E-state index contributed by atoms with van der Waals surface area (Å²) in [5.41, 5.74) is 5.89. The number of nitrogens with zero attached hydrogens (tertiary/aromatic N) is 1. The van der Waals surface area contributed by atoms with E-state index in [4.69, 9.17) is 19.9 Å². The zero-order chi connectivity index (χ0) is 17.4. The standard InChI is InChI=1S/C18H24N2O5/c19-5-8-23-16-10-15(21)18(16)3-6-20(7-4-18)17(22)12-1-2-13-14(9-12)25-11-24-13/h1-2,9,15-16,21H,3-8,10-11,19H2/t15-,16+/m1/s1. The number of carbonyl (C=O) groups is 1. The van der Waals surface area contributed by atoms with Crippen LogP contribution in [0.2, 0.25) is 0 Å². The molecule has 2 heterocycles. The zero-order valence-electron chi connectivity index (χ0n) is 14.1. The van der Waals surface area contributed by atoms with Gasteiger partial charge < -0.3 is 30.0 Å². The van der Waals surface area contributed by atoms with Gasteiger partial charge in [-0.25, -0.2) is 0 Å². The first-order valence-corrected chi connectivity index (χ1v) is 8.83. The van der Waals surface area contributed by atoms with Crippen LogP contribution in [-0.4, -0.2) is 61.2 Å². The fraction of sp³-hybridized carbons (Fsp3) is 0.611. The van der Waals surface area contributed by atoms with E-state index in [9.17, 15) is 9.90 Å². The summed E-state index contributed by atoms with van der Waals surface area (Å²) >= 11 is 0. The second kappa shape index (κ2) is 6.48. The number of amides is 1. The summed E-state index contributed by atoms with van der Waals surface area (Å²) in [4.78, 5) is 14.6. The van der Waals surface area contributed by atoms with Crippen molar-refractivity contribution in [2.45, 2.75) is 31.5 Å². The van der Waals surface area contributed by atoms with Crippen LogP contribution < -0.4 is 15.2 Å². The number of likely N-dealkylation sites (tertiary alicyclic amines) is 1. The Kier molecular flexibility index (Phi) is 4.31. The number of fused-ring (bicyclic) bond motifs is 1. The van der Waals surface area contributed by atoms with Crippen molar-refractivity contribution in [3.8, 4) is 11.5 Å². The molecule has 2 fully saturated rings. The van der Waals surface area contributed by atoms with Crippen molar-refractivity contribution in [3.63, 3.8) is 0 Å². The summed E-state index contributed by atoms with van der Waals surface area (Å²) in [6.07, 6.45) is 1.86. The Morgan fingerprint density at radius 2 is 2.08 bits per heavy atom. The van der Waals surface area contributed by atoms with Gasteiger partial charge in [0.05, 0.1) is 18.8 Å². The van der Waals surface area contributed by atoms with Crippen molar-refractivity contribution >= 4 is 5.91 Å². The molecule has 7 heteroatoms. The van der Waals surface area contributed by atoms with E-state index in [1.165, 1.54) is 0 Å². The van der Waals surface area contributed by atoms with Gasteiger partial charge in [0.25, 0.3) is 5.91 Å². The van der Waals surface area contributed by atoms with Crippen molar-refractivity contribution < 1.29 is 24.1 Å². The van der Waals surface area contributed by atoms with E-state index in [0.717, 1.165) is 12.8 Å². The van der Waals surface area contributed by atoms with Gasteiger partial charge in [0.15, 0.2) is 11.5 Å². The molecule has 7 nitrogen and oxygen atoms in total. The number of aliphatic hydroxyl groups excluding tert-OH is 1. The van der Waals surface area contributed by atoms with Gasteiger partial charge in [-0.2, -0.15) is 0 Å². The third kappa shape index (κ3) is 2.76. The third-order valence-corrected chi connectivity index (χ3v) is 5.78. The number of carbonyl (C=O) groups excluding carboxylic acids is 1. The molecule has 4 rings (SSSR count). The Bertz CT molecular complexity index is 657. The largest absolute Gasteiger partial charge is 0.454 e. The highest BCUT2D eigenvalue weighted by Gasteiger charge is 2.56. The molecule has 1 aliphatic carbocycles. The Labute approximate surface area is 146 Å². The lowest BCUT2D eigenvalue weighted by Gasteiger charge is -2.56. The highest BCUT2D eigenvalue weighted by molar-refractivity contribution is 5.95. The van der Waals surface area contributed by atoms with Gasteiger partial charge >= 0.3 is 0 Å². The second-order valence-corrected chi connectivity index (χ2v) is 6.99. The lowest BCUT2D eigenvalue weighted by molar-refractivity contribution is -0.207. The highest BCUT2D eigenvalue weighted by Crippen LogP contribution is 2.51. The van der Waals surface area contributed by atoms with Crippen LogP contribution in [0.4, 0.5) is 0 Å². The molecule has 0 bridgehead atoms. The minimum atomic E-state index is -0.349. The van der Waals surface area contributed by atoms with Gasteiger partial charge in [0.2, 0.25) is 6.79 Å². The average molecular weight is 348 g/mol. The fourth-order valence-electron chi connectivity index (χ4n) is 4.16. The van der Waals surface area contributed by atoms with Crippen molar-refractivity contribution in [1.82, 2.24) is 4.90 Å². The minimum Gasteiger partial charge on any atom is -0.454 e. The second-order valence-electron chi connectivity index (χ2n) is 6.99. The molecule has 3 N–H and O–H groups in total. The van der Waals surface area contributed by atoms with Crippen molar-refractivity contribution in [2.75, 3.05) is 33.0 Å². The van der Waals surface area contributed by atoms with Crippen molar-refractivity contribution in [2.24, 2.45) is 11.1 Å². The first-order valence-electron chi connectivity index (χ1n) is 8.83. The third-order valence-electron chi connectivity index (χ3n) is 5.78. The predicted molar refractivity (Wildman–Crippen MR) is 89.6 cm³/mol. The molecule has 0 unspecified atom stereocenters. The smallest absolute Gasteiger partial charge is 0.253 e. The van der Waals surface area contributed by atoms with E-state index < -0.39 is 0 Å². The van der Waals surface area contributed by atoms with E-state index in [1.54, 1.807) is 18.2 Å². The van der Waals surface area contributed by atoms with Crippen LogP contribution in [0.5, 0.6) is 11.5 Å². The number of piperidine rings is 1. The summed E-state index contributed by atoms with van der Waals surface area (Å²) < 4.78 is 16.4. The van der Waals surface area contributed by atoms with E-state index in [-0.39, 0.29) is 30.3 Å². The van der Waals surface area contributed by atoms with Gasteiger partial charge in [0, 0.05) is 37.0 Å². The van der Waals surface area contributed by atoms with Gasteiger partial charge in [-0.15, -0.1) is 0 Å². The molecule has 0 radical (unpaired) electrons. The summed E-state index contributed by atoms with van der Waals surface area (Å²) in [5.74, 6) is 1.28. The van der Waals surface area contributed by atoms with Crippen LogP contribution in [0.25, 0.3) is 0 Å². The van der Waals surface area contributed by atoms with Crippen LogP contribution in [-0.2, 0) is 4.74 Å². The van der Waals surface area contributed by atoms with Gasteiger partial charge in [-0.05, 0) is 31.0 Å². The zero-order valence-corrected chi connectivity index (χ0v) is 14.1. The van der Waals surface area contributed by atoms with Crippen molar-refractivity contribution in [1.29, 1.82) is 0 Å². The van der Waals surface area contributed by atoms with E-state index in [1.807, 2.05) is 4.90 Å². The summed E-state index contributed by atoms with van der Waals surface area (Å²) in [6.45, 7) is 2.43. The summed E-state index contributed by atoms with van der Waals surface area (Å²) in [7, 11) is 0. The number of nitrogens with two attached hydrogens (primary N) is 1. The summed E-state index contributed by atoms with van der Waals surface area (Å²) in [6, 6.07) is 5.28. The molecule has 3 aliphatic rings. The number of hydrogen-bond acceptors (Lipinski definition) is 6. The average Bonchev–Trinajstić information content (AvgIpc) is 3.12. The normalized spacial score (nSPS) is 26.6. The Morgan fingerprint density at radius 3 is 2.80 bits per heavy atom. The highest BCUT2D eigenvalue weighted by atomic mass is 16.7. The first-order chi connectivity index (χ1) is 12.1. The van der Waals surface area contributed by atoms with Gasteiger partial charge in [-0.1, -0.05) is 0 Å². The van der Waals surface area contributed by atoms with E-state index >= 15 is 0 Å². The monoisotopic (exact) mass is 348 g/mol. The molecule has 1 saturated heterocycles. The quantitative estimate of drug-likeness (QED) is 0.834. The molecule has 1 aromatic carbocycles. The number of rotatable bonds is 4. The summed E-state index contributed by atoms with van der Waals surface area (Å²) in [5, 5.41) is 10.3. The maximum Gasteiger partial charge on any atom is 0.253 e. The van der Waals surface area contributed by atoms with Crippen molar-refractivity contribution in [3.05, 3.63) is 23.8 Å². The molecule has 0 aromatic heterocycles. The molecule has 1 saturated carbocycles.